The molecule has 0 saturated carbocycles. The molecule has 2 rings (SSSR count). The lowest BCUT2D eigenvalue weighted by molar-refractivity contribution is 0.415. The third-order valence-corrected chi connectivity index (χ3v) is 2.36. The second-order valence-electron chi connectivity index (χ2n) is 3.71. The van der Waals surface area contributed by atoms with Gasteiger partial charge in [0.2, 0.25) is 0 Å². The molecular formula is C12H13NO3. The number of anilines is 1. The minimum atomic E-state index is -0.0659. The molecule has 4 heteroatoms. The minimum Gasteiger partial charge on any atom is -0.497 e. The SMILES string of the molecule is COc1ccc2oc(N(C)C)cc(=O)c2c1. The number of hydrogen-bond donors (Lipinski definition) is 0. The molecule has 0 N–H and O–H groups in total. The normalized spacial score (nSPS) is 10.4. The summed E-state index contributed by atoms with van der Waals surface area (Å²) in [6.45, 7) is 0. The van der Waals surface area contributed by atoms with E-state index >= 15 is 0 Å². The van der Waals surface area contributed by atoms with Crippen LogP contribution in [0.5, 0.6) is 5.75 Å². The summed E-state index contributed by atoms with van der Waals surface area (Å²) in [5.74, 6) is 1.19. The maximum absolute atomic E-state index is 11.8. The zero-order valence-corrected chi connectivity index (χ0v) is 9.48. The predicted octanol–water partition coefficient (Wildman–Crippen LogP) is 1.87. The van der Waals surface area contributed by atoms with Gasteiger partial charge in [-0.1, -0.05) is 0 Å². The summed E-state index contributed by atoms with van der Waals surface area (Å²) in [6.07, 6.45) is 0. The summed E-state index contributed by atoms with van der Waals surface area (Å²) in [5.41, 5.74) is 0.501. The smallest absolute Gasteiger partial charge is 0.199 e. The Kier molecular flexibility index (Phi) is 2.56. The molecule has 0 atom stereocenters. The van der Waals surface area contributed by atoms with E-state index in [-0.39, 0.29) is 5.43 Å². The lowest BCUT2D eigenvalue weighted by Crippen LogP contribution is -2.12. The van der Waals surface area contributed by atoms with Crippen LogP contribution >= 0.6 is 0 Å². The van der Waals surface area contributed by atoms with E-state index in [4.69, 9.17) is 9.15 Å². The molecule has 4 nitrogen and oxygen atoms in total. The molecular weight excluding hydrogens is 206 g/mol. The molecule has 2 aromatic rings. The number of rotatable bonds is 2. The van der Waals surface area contributed by atoms with Crippen LogP contribution in [0.1, 0.15) is 0 Å². The van der Waals surface area contributed by atoms with Crippen LogP contribution in [-0.2, 0) is 0 Å². The van der Waals surface area contributed by atoms with Gasteiger partial charge in [0.05, 0.1) is 12.5 Å². The van der Waals surface area contributed by atoms with Crippen molar-refractivity contribution < 1.29 is 9.15 Å². The van der Waals surface area contributed by atoms with Crippen molar-refractivity contribution in [3.05, 3.63) is 34.5 Å². The van der Waals surface area contributed by atoms with Crippen LogP contribution in [0.2, 0.25) is 0 Å². The molecule has 1 aromatic heterocycles. The number of nitrogens with zero attached hydrogens (tertiary/aromatic N) is 1. The lowest BCUT2D eigenvalue weighted by Gasteiger charge is -2.11. The summed E-state index contributed by atoms with van der Waals surface area (Å²) in [4.78, 5) is 13.6. The van der Waals surface area contributed by atoms with Crippen molar-refractivity contribution in [1.82, 2.24) is 0 Å². The van der Waals surface area contributed by atoms with Gasteiger partial charge in [-0.25, -0.2) is 0 Å². The molecule has 0 radical (unpaired) electrons. The van der Waals surface area contributed by atoms with E-state index in [1.54, 1.807) is 30.2 Å². The van der Waals surface area contributed by atoms with Crippen LogP contribution in [0, 0.1) is 0 Å². The molecule has 0 aliphatic heterocycles. The largest absolute Gasteiger partial charge is 0.497 e. The molecule has 0 bridgehead atoms. The Morgan fingerprint density at radius 2 is 2.00 bits per heavy atom. The zero-order chi connectivity index (χ0) is 11.7. The van der Waals surface area contributed by atoms with Gasteiger partial charge < -0.3 is 14.1 Å². The van der Waals surface area contributed by atoms with Gasteiger partial charge in [-0.3, -0.25) is 4.79 Å². The Hall–Kier alpha value is -1.97. The second kappa shape index (κ2) is 3.89. The Balaban J connectivity index is 2.71. The average Bonchev–Trinajstić information content (AvgIpc) is 2.28. The Bertz CT molecular complexity index is 572. The molecule has 0 aliphatic carbocycles. The molecule has 1 heterocycles. The number of fused-ring (bicyclic) bond motifs is 1. The molecule has 0 unspecified atom stereocenters. The third kappa shape index (κ3) is 1.74. The van der Waals surface area contributed by atoms with Crippen molar-refractivity contribution in [3.8, 4) is 5.75 Å². The van der Waals surface area contributed by atoms with Gasteiger partial charge in [0.15, 0.2) is 11.3 Å². The first kappa shape index (κ1) is 10.5. The van der Waals surface area contributed by atoms with E-state index < -0.39 is 0 Å². The molecule has 0 amide bonds. The Morgan fingerprint density at radius 3 is 2.62 bits per heavy atom. The van der Waals surface area contributed by atoms with E-state index in [0.29, 0.717) is 22.6 Å². The molecule has 0 fully saturated rings. The maximum Gasteiger partial charge on any atom is 0.199 e. The van der Waals surface area contributed by atoms with E-state index in [0.717, 1.165) is 0 Å². The average molecular weight is 219 g/mol. The first-order chi connectivity index (χ1) is 7.61. The quantitative estimate of drug-likeness (QED) is 0.773. The molecule has 16 heavy (non-hydrogen) atoms. The molecule has 1 aromatic carbocycles. The lowest BCUT2D eigenvalue weighted by atomic mass is 10.2. The van der Waals surface area contributed by atoms with E-state index in [9.17, 15) is 4.79 Å². The Morgan fingerprint density at radius 1 is 1.25 bits per heavy atom. The van der Waals surface area contributed by atoms with Crippen LogP contribution in [0.15, 0.2) is 33.5 Å². The maximum atomic E-state index is 11.8. The topological polar surface area (TPSA) is 42.7 Å². The number of benzene rings is 1. The van der Waals surface area contributed by atoms with Gasteiger partial charge in [0.1, 0.15) is 11.3 Å². The highest BCUT2D eigenvalue weighted by Crippen LogP contribution is 2.21. The monoisotopic (exact) mass is 219 g/mol. The summed E-state index contributed by atoms with van der Waals surface area (Å²) < 4.78 is 10.6. The zero-order valence-electron chi connectivity index (χ0n) is 9.48. The number of methoxy groups -OCH3 is 1. The van der Waals surface area contributed by atoms with Crippen LogP contribution in [0.4, 0.5) is 5.88 Å². The van der Waals surface area contributed by atoms with Crippen LogP contribution in [0.25, 0.3) is 11.0 Å². The fourth-order valence-electron chi connectivity index (χ4n) is 1.47. The van der Waals surface area contributed by atoms with Crippen molar-refractivity contribution in [2.45, 2.75) is 0 Å². The summed E-state index contributed by atoms with van der Waals surface area (Å²) in [7, 11) is 5.22. The van der Waals surface area contributed by atoms with Crippen LogP contribution in [-0.4, -0.2) is 21.2 Å². The number of hydrogen-bond acceptors (Lipinski definition) is 4. The third-order valence-electron chi connectivity index (χ3n) is 2.36. The highest BCUT2D eigenvalue weighted by molar-refractivity contribution is 5.79. The van der Waals surface area contributed by atoms with Gasteiger partial charge in [-0.15, -0.1) is 0 Å². The summed E-state index contributed by atoms with van der Waals surface area (Å²) >= 11 is 0. The van der Waals surface area contributed by atoms with Gasteiger partial charge >= 0.3 is 0 Å². The van der Waals surface area contributed by atoms with Crippen molar-refractivity contribution >= 4 is 16.9 Å². The highest BCUT2D eigenvalue weighted by Gasteiger charge is 2.06. The molecule has 0 saturated heterocycles. The van der Waals surface area contributed by atoms with E-state index in [2.05, 4.69) is 0 Å². The van der Waals surface area contributed by atoms with Crippen LogP contribution < -0.4 is 15.1 Å². The van der Waals surface area contributed by atoms with E-state index in [1.165, 1.54) is 6.07 Å². The van der Waals surface area contributed by atoms with Crippen molar-refractivity contribution in [3.63, 3.8) is 0 Å². The minimum absolute atomic E-state index is 0.0659. The van der Waals surface area contributed by atoms with Crippen molar-refractivity contribution in [1.29, 1.82) is 0 Å². The summed E-state index contributed by atoms with van der Waals surface area (Å²) in [5, 5.41) is 0.532. The predicted molar refractivity (Wildman–Crippen MR) is 63.4 cm³/mol. The second-order valence-corrected chi connectivity index (χ2v) is 3.71. The standard InChI is InChI=1S/C12H13NO3/c1-13(2)12-7-10(14)9-6-8(15-3)4-5-11(9)16-12/h4-7H,1-3H3. The first-order valence-electron chi connectivity index (χ1n) is 4.91. The molecule has 0 aliphatic rings. The molecule has 0 spiro atoms. The van der Waals surface area contributed by atoms with Gasteiger partial charge in [-0.2, -0.15) is 0 Å². The molecule has 84 valence electrons. The Labute approximate surface area is 93.0 Å². The number of ether oxygens (including phenoxy) is 1. The van der Waals surface area contributed by atoms with Gasteiger partial charge in [0, 0.05) is 20.2 Å². The fourth-order valence-corrected chi connectivity index (χ4v) is 1.47. The van der Waals surface area contributed by atoms with E-state index in [1.807, 2.05) is 14.1 Å². The van der Waals surface area contributed by atoms with Gasteiger partial charge in [0.25, 0.3) is 0 Å². The fraction of sp³-hybridized carbons (Fsp3) is 0.250. The highest BCUT2D eigenvalue weighted by atomic mass is 16.5. The summed E-state index contributed by atoms with van der Waals surface area (Å²) in [6, 6.07) is 6.66. The first-order valence-corrected chi connectivity index (χ1v) is 4.91. The van der Waals surface area contributed by atoms with Crippen LogP contribution in [0.3, 0.4) is 0 Å². The van der Waals surface area contributed by atoms with Crippen molar-refractivity contribution in [2.24, 2.45) is 0 Å². The van der Waals surface area contributed by atoms with Crippen molar-refractivity contribution in [2.75, 3.05) is 26.1 Å². The van der Waals surface area contributed by atoms with Gasteiger partial charge in [-0.05, 0) is 18.2 Å².